The predicted octanol–water partition coefficient (Wildman–Crippen LogP) is -3.15. The third kappa shape index (κ3) is 18.4. The molecule has 25 nitrogen and oxygen atoms in total. The fourth-order valence-electron chi connectivity index (χ4n) is 5.42. The Bertz CT molecular complexity index is 1820. The number of amides is 6. The van der Waals surface area contributed by atoms with Gasteiger partial charge in [0.2, 0.25) is 35.8 Å². The van der Waals surface area contributed by atoms with Crippen LogP contribution >= 0.6 is 0 Å². The number of primary amides is 1. The summed E-state index contributed by atoms with van der Waals surface area (Å²) in [7, 11) is -4.56. The minimum atomic E-state index is -4.56. The van der Waals surface area contributed by atoms with Crippen molar-refractivity contribution in [2.24, 2.45) is 11.7 Å². The molecule has 0 radical (unpaired) electrons. The molecular weight excluding hydrogens is 852 g/mol. The van der Waals surface area contributed by atoms with Gasteiger partial charge in [0.25, 0.3) is 10.1 Å². The summed E-state index contributed by atoms with van der Waals surface area (Å²) in [5.41, 5.74) is 5.17. The highest BCUT2D eigenvalue weighted by Crippen LogP contribution is 2.31. The van der Waals surface area contributed by atoms with E-state index in [1.54, 1.807) is 20.8 Å². The van der Waals surface area contributed by atoms with Crippen molar-refractivity contribution in [3.63, 3.8) is 0 Å². The number of hydrogen-bond donors (Lipinski definition) is 11. The van der Waals surface area contributed by atoms with Gasteiger partial charge in [-0.1, -0.05) is 26.8 Å². The quantitative estimate of drug-likeness (QED) is 0.0323. The first-order valence-electron chi connectivity index (χ1n) is 19.3. The fourth-order valence-corrected chi connectivity index (χ4v) is 6.08. The Balaban J connectivity index is 1.89. The standard InChI is InChI=1S/C36H56N6O19S/c1-5-6-24(43)40-22(17-62(54,55)56)32(49)38-10-12-58-14-13-57-11-9-25(44)42-26(18(2)3)33(50)39-19(4)31(48)41-21-8-7-20(16-59-36(37)53)15-23(21)60-35-29(47)27(45)28(46)30(61-35)34(51)52/h7-8,15,18-19,22,26-30,35,45-47H,5-6,9-14,16-17H2,1-4H3,(H2,37,53)(H,38,49)(H,39,50)(H,40,43)(H,41,48)(H,42,44)(H,51,52)(H,54,55,56)/t19-,22-,26-,27-,28-,29+,30-,35+/m0/s1. The number of nitrogens with one attached hydrogen (secondary N) is 5. The average molecular weight is 909 g/mol. The summed E-state index contributed by atoms with van der Waals surface area (Å²) in [5, 5.41) is 52.4. The van der Waals surface area contributed by atoms with E-state index in [-0.39, 0.29) is 69.4 Å². The van der Waals surface area contributed by atoms with Gasteiger partial charge in [-0.2, -0.15) is 8.42 Å². The summed E-state index contributed by atoms with van der Waals surface area (Å²) >= 11 is 0. The molecule has 0 aliphatic carbocycles. The molecule has 2 rings (SSSR count). The number of aliphatic hydroxyl groups is 3. The van der Waals surface area contributed by atoms with E-state index in [2.05, 4.69) is 26.6 Å². The summed E-state index contributed by atoms with van der Waals surface area (Å²) in [5.74, 6) is -6.86. The van der Waals surface area contributed by atoms with Crippen LogP contribution in [0.2, 0.25) is 0 Å². The molecule has 1 aliphatic heterocycles. The zero-order valence-electron chi connectivity index (χ0n) is 34.4. The lowest BCUT2D eigenvalue weighted by Crippen LogP contribution is -2.61. The summed E-state index contributed by atoms with van der Waals surface area (Å²) in [6.45, 7) is 5.94. The number of benzene rings is 1. The van der Waals surface area contributed by atoms with Crippen LogP contribution in [-0.4, -0.2) is 163 Å². The Morgan fingerprint density at radius 2 is 1.48 bits per heavy atom. The molecule has 0 bridgehead atoms. The number of nitrogens with two attached hydrogens (primary N) is 1. The third-order valence-electron chi connectivity index (χ3n) is 8.66. The monoisotopic (exact) mass is 908 g/mol. The second-order valence-corrected chi connectivity index (χ2v) is 15.7. The van der Waals surface area contributed by atoms with Crippen LogP contribution in [0.15, 0.2) is 18.2 Å². The molecule has 1 aliphatic rings. The van der Waals surface area contributed by atoms with E-state index in [1.807, 2.05) is 0 Å². The lowest BCUT2D eigenvalue weighted by molar-refractivity contribution is -0.271. The highest BCUT2D eigenvalue weighted by atomic mass is 32.2. The van der Waals surface area contributed by atoms with Gasteiger partial charge in [-0.15, -0.1) is 0 Å². The smallest absolute Gasteiger partial charge is 0.404 e. The Kier molecular flexibility index (Phi) is 21.9. The number of aliphatic hydroxyl groups excluding tert-OH is 3. The van der Waals surface area contributed by atoms with Crippen molar-refractivity contribution in [2.45, 2.75) is 102 Å². The number of carboxylic acid groups (broad SMARTS) is 1. The Morgan fingerprint density at radius 1 is 0.839 bits per heavy atom. The third-order valence-corrected chi connectivity index (χ3v) is 9.41. The number of hydrogen-bond acceptors (Lipinski definition) is 17. The van der Waals surface area contributed by atoms with E-state index in [0.29, 0.717) is 6.42 Å². The Hall–Kier alpha value is -5.22. The SMILES string of the molecule is CCCC(=O)N[C@@H](CS(=O)(=O)O)C(=O)NCCOCCOCCC(=O)N[C@H](C(=O)N[C@@H](C)C(=O)Nc1ccc(COC(N)=O)cc1O[C@@H]1O[C@H](C(=O)O)[C@@H](O)[C@H](O)[C@H]1O)C(C)C. The maximum absolute atomic E-state index is 13.3. The zero-order valence-corrected chi connectivity index (χ0v) is 35.3. The average Bonchev–Trinajstić information content (AvgIpc) is 3.18. The van der Waals surface area contributed by atoms with Gasteiger partial charge in [0.15, 0.2) is 6.10 Å². The molecule has 0 spiro atoms. The number of carbonyl (C=O) groups is 7. The van der Waals surface area contributed by atoms with Crippen LogP contribution in [0.4, 0.5) is 10.5 Å². The highest BCUT2D eigenvalue weighted by Gasteiger charge is 2.48. The van der Waals surface area contributed by atoms with E-state index in [1.165, 1.54) is 25.1 Å². The van der Waals surface area contributed by atoms with E-state index < -0.39 is 112 Å². The molecule has 26 heteroatoms. The second kappa shape index (κ2) is 25.7. The summed E-state index contributed by atoms with van der Waals surface area (Å²) in [6, 6.07) is 0.0736. The molecule has 1 saturated heterocycles. The Morgan fingerprint density at radius 3 is 2.08 bits per heavy atom. The molecule has 1 heterocycles. The number of carbonyl (C=O) groups excluding carboxylic acids is 6. The number of aliphatic carboxylic acids is 1. The van der Waals surface area contributed by atoms with E-state index in [9.17, 15) is 62.4 Å². The van der Waals surface area contributed by atoms with Crippen LogP contribution in [0.1, 0.15) is 52.5 Å². The van der Waals surface area contributed by atoms with Gasteiger partial charge >= 0.3 is 12.1 Å². The molecule has 6 amide bonds. The van der Waals surface area contributed by atoms with Crippen molar-refractivity contribution >= 4 is 57.4 Å². The molecule has 0 saturated carbocycles. The number of ether oxygens (including phenoxy) is 5. The molecule has 1 fully saturated rings. The minimum Gasteiger partial charge on any atom is -0.479 e. The summed E-state index contributed by atoms with van der Waals surface area (Å²) < 4.78 is 58.0. The van der Waals surface area contributed by atoms with Gasteiger partial charge in [0.1, 0.15) is 54.5 Å². The lowest BCUT2D eigenvalue weighted by atomic mass is 9.99. The molecule has 8 atom stereocenters. The topological polar surface area (TPSA) is 387 Å². The van der Waals surface area contributed by atoms with Gasteiger partial charge in [-0.25, -0.2) is 9.59 Å². The van der Waals surface area contributed by atoms with Crippen molar-refractivity contribution in [1.82, 2.24) is 21.3 Å². The normalized spacial score (nSPS) is 20.2. The van der Waals surface area contributed by atoms with E-state index in [4.69, 9.17) is 34.0 Å². The maximum atomic E-state index is 13.3. The molecule has 0 unspecified atom stereocenters. The first-order chi connectivity index (χ1) is 29.0. The van der Waals surface area contributed by atoms with Gasteiger partial charge < -0.3 is 76.4 Å². The van der Waals surface area contributed by atoms with Crippen LogP contribution < -0.4 is 37.1 Å². The predicted molar refractivity (Wildman–Crippen MR) is 211 cm³/mol. The van der Waals surface area contributed by atoms with Gasteiger partial charge in [0, 0.05) is 19.4 Å². The van der Waals surface area contributed by atoms with Crippen molar-refractivity contribution in [3.8, 4) is 5.75 Å². The number of carboxylic acids is 1. The molecule has 1 aromatic carbocycles. The van der Waals surface area contributed by atoms with E-state index >= 15 is 0 Å². The van der Waals surface area contributed by atoms with Crippen molar-refractivity contribution in [2.75, 3.05) is 44.0 Å². The first-order valence-corrected chi connectivity index (χ1v) is 20.9. The second-order valence-electron chi connectivity index (χ2n) is 14.2. The lowest BCUT2D eigenvalue weighted by Gasteiger charge is -2.38. The van der Waals surface area contributed by atoms with Gasteiger partial charge in [0.05, 0.1) is 32.1 Å². The van der Waals surface area contributed by atoms with Crippen LogP contribution in [0.5, 0.6) is 5.75 Å². The van der Waals surface area contributed by atoms with Gasteiger partial charge in [-0.3, -0.25) is 28.5 Å². The number of rotatable bonds is 26. The minimum absolute atomic E-state index is 0.0148. The van der Waals surface area contributed by atoms with Crippen molar-refractivity contribution < 1.29 is 90.6 Å². The molecule has 350 valence electrons. The number of anilines is 1. The van der Waals surface area contributed by atoms with Crippen LogP contribution in [0.25, 0.3) is 0 Å². The van der Waals surface area contributed by atoms with Gasteiger partial charge in [-0.05, 0) is 37.0 Å². The van der Waals surface area contributed by atoms with Crippen molar-refractivity contribution in [1.29, 1.82) is 0 Å². The fraction of sp³-hybridized carbons (Fsp3) is 0.639. The highest BCUT2D eigenvalue weighted by molar-refractivity contribution is 7.85. The van der Waals surface area contributed by atoms with Crippen molar-refractivity contribution in [3.05, 3.63) is 23.8 Å². The molecule has 12 N–H and O–H groups in total. The summed E-state index contributed by atoms with van der Waals surface area (Å²) in [4.78, 5) is 86.1. The molecule has 62 heavy (non-hydrogen) atoms. The molecular formula is C36H56N6O19S. The summed E-state index contributed by atoms with van der Waals surface area (Å²) in [6.07, 6.45) is -10.6. The maximum Gasteiger partial charge on any atom is 0.404 e. The van der Waals surface area contributed by atoms with Crippen LogP contribution in [-0.2, 0) is 64.4 Å². The van der Waals surface area contributed by atoms with Crippen LogP contribution in [0.3, 0.4) is 0 Å². The molecule has 0 aromatic heterocycles. The Labute approximate surface area is 356 Å². The largest absolute Gasteiger partial charge is 0.479 e. The molecule has 1 aromatic rings. The zero-order chi connectivity index (χ0) is 46.7. The first kappa shape index (κ1) is 52.9. The van der Waals surface area contributed by atoms with Crippen LogP contribution in [0, 0.1) is 5.92 Å². The van der Waals surface area contributed by atoms with E-state index in [0.717, 1.165) is 0 Å².